The largest absolute Gasteiger partial charge is 0.484 e. The zero-order valence-electron chi connectivity index (χ0n) is 12.1. The molecule has 21 heavy (non-hydrogen) atoms. The van der Waals surface area contributed by atoms with Crippen LogP contribution in [0.2, 0.25) is 0 Å². The number of pyridine rings is 1. The first kappa shape index (κ1) is 17.3. The molecular formula is C13H22N5O2S+. The highest BCUT2D eigenvalue weighted by Crippen LogP contribution is 2.09. The van der Waals surface area contributed by atoms with E-state index >= 15 is 0 Å². The number of hydrazone groups is 1. The van der Waals surface area contributed by atoms with Crippen molar-refractivity contribution in [2.75, 3.05) is 12.4 Å². The summed E-state index contributed by atoms with van der Waals surface area (Å²) < 4.78 is 7.50. The third-order valence-corrected chi connectivity index (χ3v) is 3.47. The zero-order chi connectivity index (χ0) is 15.5. The van der Waals surface area contributed by atoms with Crippen molar-refractivity contribution in [3.63, 3.8) is 0 Å². The molecule has 0 atom stereocenters. The number of ether oxygens (including phenoxy) is 1. The molecule has 7 nitrogen and oxygen atoms in total. The van der Waals surface area contributed by atoms with Crippen LogP contribution in [0.15, 0.2) is 29.6 Å². The van der Waals surface area contributed by atoms with Crippen LogP contribution in [0.4, 0.5) is 0 Å². The van der Waals surface area contributed by atoms with Gasteiger partial charge in [-0.05, 0) is 0 Å². The van der Waals surface area contributed by atoms with Crippen LogP contribution in [0, 0.1) is 0 Å². The van der Waals surface area contributed by atoms with E-state index in [2.05, 4.69) is 22.0 Å². The molecule has 0 aliphatic rings. The Hall–Kier alpha value is -1.80. The van der Waals surface area contributed by atoms with Gasteiger partial charge in [0.25, 0.3) is 0 Å². The molecule has 0 aliphatic carbocycles. The molecule has 1 rings (SSSR count). The summed E-state index contributed by atoms with van der Waals surface area (Å²) in [6, 6.07) is 3.70. The summed E-state index contributed by atoms with van der Waals surface area (Å²) in [5.74, 6) is 12.0. The van der Waals surface area contributed by atoms with Crippen molar-refractivity contribution in [3.05, 3.63) is 24.5 Å². The lowest BCUT2D eigenvalue weighted by Gasteiger charge is -2.05. The molecule has 116 valence electrons. The van der Waals surface area contributed by atoms with Gasteiger partial charge in [0.05, 0.1) is 0 Å². The second kappa shape index (κ2) is 10.0. The Labute approximate surface area is 128 Å². The molecule has 0 radical (unpaired) electrons. The van der Waals surface area contributed by atoms with E-state index in [-0.39, 0.29) is 11.7 Å². The number of nitrogens with zero attached hydrogens (tertiary/aromatic N) is 2. The molecule has 0 aromatic carbocycles. The first-order valence-electron chi connectivity index (χ1n) is 6.70. The monoisotopic (exact) mass is 312 g/mol. The number of hydrogen-bond donors (Lipinski definition) is 3. The van der Waals surface area contributed by atoms with Crippen molar-refractivity contribution in [2.45, 2.75) is 26.3 Å². The van der Waals surface area contributed by atoms with Crippen LogP contribution in [0.25, 0.3) is 0 Å². The third kappa shape index (κ3) is 6.96. The van der Waals surface area contributed by atoms with Crippen LogP contribution < -0.4 is 26.4 Å². The van der Waals surface area contributed by atoms with E-state index < -0.39 is 0 Å². The average molecular weight is 312 g/mol. The minimum atomic E-state index is -0.0475. The molecule has 0 spiro atoms. The van der Waals surface area contributed by atoms with Gasteiger partial charge in [-0.15, -0.1) is 0 Å². The van der Waals surface area contributed by atoms with Gasteiger partial charge < -0.3 is 16.0 Å². The maximum atomic E-state index is 11.7. The first-order valence-corrected chi connectivity index (χ1v) is 7.69. The molecule has 0 saturated heterocycles. The topological polar surface area (TPSA) is 107 Å². The lowest BCUT2D eigenvalue weighted by atomic mass is 10.4. The van der Waals surface area contributed by atoms with Gasteiger partial charge in [-0.1, -0.05) is 18.7 Å². The van der Waals surface area contributed by atoms with Crippen molar-refractivity contribution in [2.24, 2.45) is 16.8 Å². The minimum Gasteiger partial charge on any atom is -0.484 e. The standard InChI is InChI=1S/C13H22N5O2S/c1-2-6-18-7-3-11(4-8-18)20-10-13(19)21-9-5-12(16-14)17-15/h3-4,7-8H,2,5-6,9-10,14-15H2,1H3,(H,16,17)/q+1. The lowest BCUT2D eigenvalue weighted by Crippen LogP contribution is -2.32. The van der Waals surface area contributed by atoms with Crippen LogP contribution in [-0.2, 0) is 11.3 Å². The fourth-order valence-electron chi connectivity index (χ4n) is 1.57. The number of thioether (sulfide) groups is 1. The van der Waals surface area contributed by atoms with Crippen molar-refractivity contribution < 1.29 is 14.1 Å². The molecule has 0 aliphatic heterocycles. The fraction of sp³-hybridized carbons (Fsp3) is 0.462. The maximum absolute atomic E-state index is 11.7. The Bertz CT molecular complexity index is 464. The molecule has 0 bridgehead atoms. The normalized spacial score (nSPS) is 11.2. The molecule has 5 N–H and O–H groups in total. The van der Waals surface area contributed by atoms with Crippen molar-refractivity contribution in [1.82, 2.24) is 5.43 Å². The number of nitrogens with two attached hydrogens (primary N) is 2. The highest BCUT2D eigenvalue weighted by Gasteiger charge is 2.07. The number of carbonyl (C=O) groups excluding carboxylic acids is 1. The maximum Gasteiger partial charge on any atom is 0.226 e. The van der Waals surface area contributed by atoms with Gasteiger partial charge in [-0.3, -0.25) is 4.79 Å². The number of amidine groups is 1. The predicted molar refractivity (Wildman–Crippen MR) is 83.5 cm³/mol. The molecular weight excluding hydrogens is 290 g/mol. The number of carbonyl (C=O) groups is 1. The Morgan fingerprint density at radius 2 is 2.19 bits per heavy atom. The highest BCUT2D eigenvalue weighted by atomic mass is 32.2. The third-order valence-electron chi connectivity index (χ3n) is 2.62. The van der Waals surface area contributed by atoms with Crippen LogP contribution in [0.1, 0.15) is 19.8 Å². The molecule has 0 fully saturated rings. The number of rotatable bonds is 8. The summed E-state index contributed by atoms with van der Waals surface area (Å²) >= 11 is 1.16. The Morgan fingerprint density at radius 3 is 2.76 bits per heavy atom. The van der Waals surface area contributed by atoms with Gasteiger partial charge in [0.2, 0.25) is 5.12 Å². The summed E-state index contributed by atoms with van der Waals surface area (Å²) in [6.07, 6.45) is 5.46. The van der Waals surface area contributed by atoms with E-state index in [1.54, 1.807) is 0 Å². The van der Waals surface area contributed by atoms with Gasteiger partial charge in [0, 0.05) is 30.7 Å². The molecule has 1 aromatic heterocycles. The predicted octanol–water partition coefficient (Wildman–Crippen LogP) is 0.148. The van der Waals surface area contributed by atoms with E-state index in [0.717, 1.165) is 24.7 Å². The molecule has 0 amide bonds. The van der Waals surface area contributed by atoms with Gasteiger partial charge in [0.1, 0.15) is 18.1 Å². The van der Waals surface area contributed by atoms with E-state index in [1.165, 1.54) is 0 Å². The van der Waals surface area contributed by atoms with E-state index in [9.17, 15) is 4.79 Å². The number of aromatic nitrogens is 1. The van der Waals surface area contributed by atoms with Crippen molar-refractivity contribution >= 4 is 22.7 Å². The Balaban J connectivity index is 2.26. The van der Waals surface area contributed by atoms with E-state index in [4.69, 9.17) is 16.4 Å². The highest BCUT2D eigenvalue weighted by molar-refractivity contribution is 8.13. The molecule has 1 aromatic rings. The second-order valence-corrected chi connectivity index (χ2v) is 5.40. The number of nitrogens with one attached hydrogen (secondary N) is 1. The number of hydrogen-bond acceptors (Lipinski definition) is 6. The van der Waals surface area contributed by atoms with Crippen molar-refractivity contribution in [1.29, 1.82) is 0 Å². The number of hydrazine groups is 1. The summed E-state index contributed by atoms with van der Waals surface area (Å²) in [7, 11) is 0. The first-order chi connectivity index (χ1) is 10.2. The Morgan fingerprint density at radius 1 is 1.48 bits per heavy atom. The minimum absolute atomic E-state index is 0.0353. The Kier molecular flexibility index (Phi) is 8.22. The van der Waals surface area contributed by atoms with E-state index in [1.807, 2.05) is 24.5 Å². The van der Waals surface area contributed by atoms with Crippen LogP contribution in [0.5, 0.6) is 5.75 Å². The van der Waals surface area contributed by atoms with Crippen LogP contribution in [0.3, 0.4) is 0 Å². The summed E-state index contributed by atoms with van der Waals surface area (Å²) in [5.41, 5.74) is 2.37. The average Bonchev–Trinajstić information content (AvgIpc) is 2.51. The summed E-state index contributed by atoms with van der Waals surface area (Å²) in [6.45, 7) is 3.12. The second-order valence-electron chi connectivity index (χ2n) is 4.25. The molecule has 1 heterocycles. The smallest absolute Gasteiger partial charge is 0.226 e. The zero-order valence-corrected chi connectivity index (χ0v) is 12.9. The van der Waals surface area contributed by atoms with E-state index in [0.29, 0.717) is 23.8 Å². The number of aryl methyl sites for hydroxylation is 1. The fourth-order valence-corrected chi connectivity index (χ4v) is 2.23. The SMILES string of the molecule is CCC[n+]1ccc(OCC(=O)SCC/C(=N/N)NN)cc1. The van der Waals surface area contributed by atoms with Gasteiger partial charge in [-0.25, -0.2) is 10.4 Å². The quantitative estimate of drug-likeness (QED) is 0.207. The summed E-state index contributed by atoms with van der Waals surface area (Å²) in [5, 5.41) is 3.40. The van der Waals surface area contributed by atoms with Gasteiger partial charge in [-0.2, -0.15) is 5.10 Å². The summed E-state index contributed by atoms with van der Waals surface area (Å²) in [4.78, 5) is 11.7. The van der Waals surface area contributed by atoms with Gasteiger partial charge >= 0.3 is 0 Å². The van der Waals surface area contributed by atoms with Gasteiger partial charge in [0.15, 0.2) is 19.0 Å². The molecule has 0 unspecified atom stereocenters. The molecule has 8 heteroatoms. The van der Waals surface area contributed by atoms with Crippen LogP contribution >= 0.6 is 11.8 Å². The van der Waals surface area contributed by atoms with Crippen molar-refractivity contribution in [3.8, 4) is 5.75 Å². The van der Waals surface area contributed by atoms with Crippen LogP contribution in [-0.4, -0.2) is 23.3 Å². The molecule has 0 saturated carbocycles. The lowest BCUT2D eigenvalue weighted by molar-refractivity contribution is -0.697.